The summed E-state index contributed by atoms with van der Waals surface area (Å²) < 4.78 is 0.769. The summed E-state index contributed by atoms with van der Waals surface area (Å²) in [5.74, 6) is -1.02. The maximum absolute atomic E-state index is 11.1. The maximum atomic E-state index is 11.1. The van der Waals surface area contributed by atoms with E-state index in [2.05, 4.69) is 21.2 Å². The standard InChI is InChI=1S/C13H10BrClN2O2/c14-10-4-2-8(6-11(10)15)17-12-5-7(16)1-3-9(12)13(18)19/h1-6,17H,16H2,(H,18,19). The molecule has 0 saturated heterocycles. The van der Waals surface area contributed by atoms with Crippen molar-refractivity contribution in [1.82, 2.24) is 0 Å². The van der Waals surface area contributed by atoms with Crippen LogP contribution in [0.4, 0.5) is 17.1 Å². The summed E-state index contributed by atoms with van der Waals surface area (Å²) in [5.41, 5.74) is 7.40. The first-order valence-electron chi connectivity index (χ1n) is 5.32. The molecule has 0 radical (unpaired) electrons. The van der Waals surface area contributed by atoms with Crippen LogP contribution in [0.5, 0.6) is 0 Å². The molecule has 0 bridgehead atoms. The van der Waals surface area contributed by atoms with Crippen molar-refractivity contribution in [1.29, 1.82) is 0 Å². The van der Waals surface area contributed by atoms with E-state index < -0.39 is 5.97 Å². The lowest BCUT2D eigenvalue weighted by Crippen LogP contribution is -2.03. The van der Waals surface area contributed by atoms with E-state index in [4.69, 9.17) is 22.4 Å². The molecule has 0 unspecified atom stereocenters. The predicted molar refractivity (Wildman–Crippen MR) is 80.2 cm³/mol. The molecule has 98 valence electrons. The summed E-state index contributed by atoms with van der Waals surface area (Å²) >= 11 is 9.28. The Balaban J connectivity index is 2.39. The van der Waals surface area contributed by atoms with Crippen LogP contribution in [0.3, 0.4) is 0 Å². The van der Waals surface area contributed by atoms with Gasteiger partial charge in [-0.25, -0.2) is 4.79 Å². The first-order valence-corrected chi connectivity index (χ1v) is 6.49. The average Bonchev–Trinajstić information content (AvgIpc) is 2.33. The number of carbonyl (C=O) groups is 1. The van der Waals surface area contributed by atoms with Gasteiger partial charge >= 0.3 is 5.97 Å². The number of nitrogens with two attached hydrogens (primary N) is 1. The van der Waals surface area contributed by atoms with Crippen molar-refractivity contribution in [2.24, 2.45) is 0 Å². The van der Waals surface area contributed by atoms with Crippen LogP contribution in [0.15, 0.2) is 40.9 Å². The Morgan fingerprint density at radius 3 is 2.63 bits per heavy atom. The molecule has 0 aliphatic rings. The number of halogens is 2. The van der Waals surface area contributed by atoms with Crippen LogP contribution in [0.1, 0.15) is 10.4 Å². The number of nitrogens with one attached hydrogen (secondary N) is 1. The van der Waals surface area contributed by atoms with Crippen LogP contribution in [0, 0.1) is 0 Å². The van der Waals surface area contributed by atoms with Gasteiger partial charge in [-0.3, -0.25) is 0 Å². The highest BCUT2D eigenvalue weighted by Gasteiger charge is 2.10. The number of aromatic carboxylic acids is 1. The summed E-state index contributed by atoms with van der Waals surface area (Å²) in [7, 11) is 0. The number of benzene rings is 2. The Hall–Kier alpha value is -1.72. The van der Waals surface area contributed by atoms with E-state index in [1.807, 2.05) is 0 Å². The Morgan fingerprint density at radius 2 is 2.00 bits per heavy atom. The SMILES string of the molecule is Nc1ccc(C(=O)O)c(Nc2ccc(Br)c(Cl)c2)c1. The minimum Gasteiger partial charge on any atom is -0.478 e. The number of hydrogen-bond donors (Lipinski definition) is 3. The minimum atomic E-state index is -1.02. The summed E-state index contributed by atoms with van der Waals surface area (Å²) in [6.07, 6.45) is 0. The second-order valence-electron chi connectivity index (χ2n) is 3.86. The molecule has 0 heterocycles. The van der Waals surface area contributed by atoms with Crippen LogP contribution in [-0.2, 0) is 0 Å². The lowest BCUT2D eigenvalue weighted by atomic mass is 10.1. The molecule has 0 amide bonds. The fourth-order valence-electron chi connectivity index (χ4n) is 1.58. The minimum absolute atomic E-state index is 0.147. The van der Waals surface area contributed by atoms with Gasteiger partial charge in [-0.2, -0.15) is 0 Å². The van der Waals surface area contributed by atoms with Crippen LogP contribution in [0.2, 0.25) is 5.02 Å². The molecule has 4 nitrogen and oxygen atoms in total. The number of anilines is 3. The Morgan fingerprint density at radius 1 is 1.26 bits per heavy atom. The van der Waals surface area contributed by atoms with Gasteiger partial charge < -0.3 is 16.2 Å². The monoisotopic (exact) mass is 340 g/mol. The Labute approximate surface area is 123 Å². The predicted octanol–water partition coefficient (Wildman–Crippen LogP) is 4.13. The first-order chi connectivity index (χ1) is 8.97. The van der Waals surface area contributed by atoms with Crippen LogP contribution >= 0.6 is 27.5 Å². The van der Waals surface area contributed by atoms with Crippen LogP contribution in [-0.4, -0.2) is 11.1 Å². The molecule has 0 saturated carbocycles. The van der Waals surface area contributed by atoms with E-state index in [0.717, 1.165) is 4.47 Å². The number of nitrogen functional groups attached to an aromatic ring is 1. The molecule has 0 spiro atoms. The lowest BCUT2D eigenvalue weighted by molar-refractivity contribution is 0.0698. The van der Waals surface area contributed by atoms with Gasteiger partial charge in [0.25, 0.3) is 0 Å². The second kappa shape index (κ2) is 5.50. The van der Waals surface area contributed by atoms with Crippen molar-refractivity contribution in [3.63, 3.8) is 0 Å². The van der Waals surface area contributed by atoms with Crippen molar-refractivity contribution in [2.45, 2.75) is 0 Å². The third-order valence-electron chi connectivity index (χ3n) is 2.47. The normalized spacial score (nSPS) is 10.2. The molecule has 2 rings (SSSR count). The van der Waals surface area contributed by atoms with Gasteiger partial charge in [-0.05, 0) is 52.3 Å². The molecule has 4 N–H and O–H groups in total. The van der Waals surface area contributed by atoms with Gasteiger partial charge in [0.2, 0.25) is 0 Å². The van der Waals surface area contributed by atoms with E-state index in [9.17, 15) is 4.79 Å². The summed E-state index contributed by atoms with van der Waals surface area (Å²) in [6, 6.07) is 9.83. The third kappa shape index (κ3) is 3.19. The van der Waals surface area contributed by atoms with E-state index in [-0.39, 0.29) is 5.56 Å². The van der Waals surface area contributed by atoms with Crippen molar-refractivity contribution in [2.75, 3.05) is 11.1 Å². The van der Waals surface area contributed by atoms with E-state index in [1.165, 1.54) is 6.07 Å². The van der Waals surface area contributed by atoms with Gasteiger partial charge in [-0.1, -0.05) is 11.6 Å². The van der Waals surface area contributed by atoms with Gasteiger partial charge in [-0.15, -0.1) is 0 Å². The fraction of sp³-hybridized carbons (Fsp3) is 0. The van der Waals surface area contributed by atoms with Crippen molar-refractivity contribution < 1.29 is 9.90 Å². The number of carboxylic acids is 1. The van der Waals surface area contributed by atoms with E-state index >= 15 is 0 Å². The molecular weight excluding hydrogens is 332 g/mol. The number of rotatable bonds is 3. The van der Waals surface area contributed by atoms with Crippen molar-refractivity contribution >= 4 is 50.6 Å². The van der Waals surface area contributed by atoms with Gasteiger partial charge in [0.1, 0.15) is 0 Å². The van der Waals surface area contributed by atoms with E-state index in [0.29, 0.717) is 22.1 Å². The molecule has 0 atom stereocenters. The molecular formula is C13H10BrClN2O2. The topological polar surface area (TPSA) is 75.4 Å². The van der Waals surface area contributed by atoms with Crippen LogP contribution in [0.25, 0.3) is 0 Å². The molecule has 2 aromatic rings. The summed E-state index contributed by atoms with van der Waals surface area (Å²) in [5, 5.41) is 12.6. The smallest absolute Gasteiger partial charge is 0.337 e. The van der Waals surface area contributed by atoms with Crippen LogP contribution < -0.4 is 11.1 Å². The second-order valence-corrected chi connectivity index (χ2v) is 5.13. The van der Waals surface area contributed by atoms with Gasteiger partial charge in [0, 0.05) is 15.8 Å². The number of carboxylic acid groups (broad SMARTS) is 1. The van der Waals surface area contributed by atoms with Crippen molar-refractivity contribution in [3.05, 3.63) is 51.5 Å². The summed E-state index contributed by atoms with van der Waals surface area (Å²) in [4.78, 5) is 11.1. The zero-order valence-corrected chi connectivity index (χ0v) is 12.0. The zero-order chi connectivity index (χ0) is 14.0. The first kappa shape index (κ1) is 13.7. The highest BCUT2D eigenvalue weighted by atomic mass is 79.9. The molecule has 0 aliphatic heterocycles. The van der Waals surface area contributed by atoms with Gasteiger partial charge in [0.05, 0.1) is 16.3 Å². The Kier molecular flexibility index (Phi) is 3.97. The maximum Gasteiger partial charge on any atom is 0.337 e. The molecule has 0 aromatic heterocycles. The molecule has 2 aromatic carbocycles. The van der Waals surface area contributed by atoms with E-state index in [1.54, 1.807) is 30.3 Å². The molecule has 19 heavy (non-hydrogen) atoms. The lowest BCUT2D eigenvalue weighted by Gasteiger charge is -2.11. The highest BCUT2D eigenvalue weighted by Crippen LogP contribution is 2.29. The highest BCUT2D eigenvalue weighted by molar-refractivity contribution is 9.10. The third-order valence-corrected chi connectivity index (χ3v) is 3.71. The molecule has 6 heteroatoms. The number of hydrogen-bond acceptors (Lipinski definition) is 3. The Bertz CT molecular complexity index is 647. The van der Waals surface area contributed by atoms with Crippen molar-refractivity contribution in [3.8, 4) is 0 Å². The average molecular weight is 342 g/mol. The quantitative estimate of drug-likeness (QED) is 0.734. The molecule has 0 aliphatic carbocycles. The fourth-order valence-corrected chi connectivity index (χ4v) is 2.01. The zero-order valence-electron chi connectivity index (χ0n) is 9.65. The molecule has 0 fully saturated rings. The summed E-state index contributed by atoms with van der Waals surface area (Å²) in [6.45, 7) is 0. The largest absolute Gasteiger partial charge is 0.478 e. The van der Waals surface area contributed by atoms with Gasteiger partial charge in [0.15, 0.2) is 0 Å².